The van der Waals surface area contributed by atoms with Crippen LogP contribution in [0.1, 0.15) is 259 Å². The molecule has 2 unspecified atom stereocenters. The van der Waals surface area contributed by atoms with Crippen LogP contribution in [-0.2, 0) is 45.6 Å². The minimum Gasteiger partial charge on any atom is -0.324 e. The first kappa shape index (κ1) is 96.0. The van der Waals surface area contributed by atoms with Gasteiger partial charge in [0, 0.05) is 155 Å². The quantitative estimate of drug-likeness (QED) is 0.0502. The van der Waals surface area contributed by atoms with Crippen LogP contribution in [0.5, 0.6) is 0 Å². The number of rotatable bonds is 12. The molecule has 4 aliphatic heterocycles. The molecule has 0 radical (unpaired) electrons. The second-order valence-corrected chi connectivity index (χ2v) is 48.0. The van der Waals surface area contributed by atoms with Crippen molar-refractivity contribution in [3.63, 3.8) is 0 Å². The second kappa shape index (κ2) is 34.7. The monoisotopic (exact) mass is 1970 g/mol. The first-order chi connectivity index (χ1) is 71.5. The summed E-state index contributed by atoms with van der Waals surface area (Å²) in [7, 11) is 0. The van der Waals surface area contributed by atoms with Crippen LogP contribution in [-0.4, -0.2) is 88.9 Å². The summed E-state index contributed by atoms with van der Waals surface area (Å²) < 4.78 is 2.86. The fourth-order valence-electron chi connectivity index (χ4n) is 22.4. The third-order valence-electron chi connectivity index (χ3n) is 31.5. The minimum atomic E-state index is -0.484. The number of benzene rings is 12. The van der Waals surface area contributed by atoms with Crippen molar-refractivity contribution in [1.82, 2.24) is 88.9 Å². The van der Waals surface area contributed by atoms with Gasteiger partial charge < -0.3 is 19.9 Å². The predicted molar refractivity (Wildman–Crippen MR) is 611 cm³/mol. The molecule has 0 saturated carbocycles. The van der Waals surface area contributed by atoms with Gasteiger partial charge >= 0.3 is 0 Å². The van der Waals surface area contributed by atoms with E-state index in [1.807, 2.05) is 60.7 Å². The maximum atomic E-state index is 16.5. The number of nitrogens with one attached hydrogen (secondary N) is 4. The van der Waals surface area contributed by atoms with Gasteiger partial charge in [0.2, 0.25) is 0 Å². The van der Waals surface area contributed by atoms with Crippen molar-refractivity contribution < 1.29 is 0 Å². The highest BCUT2D eigenvalue weighted by atomic mass is 16.2. The number of pyridine rings is 2. The Morgan fingerprint density at radius 2 is 0.533 bits per heavy atom. The first-order valence-electron chi connectivity index (χ1n) is 53.0. The second-order valence-electron chi connectivity index (χ2n) is 48.0. The van der Waals surface area contributed by atoms with Crippen LogP contribution in [0.4, 0.5) is 0 Å². The Bertz CT molecular complexity index is 10000. The van der Waals surface area contributed by atoms with Gasteiger partial charge in [0.1, 0.15) is 45.2 Å². The molecule has 12 aromatic carbocycles. The third-order valence-corrected chi connectivity index (χ3v) is 31.5. The number of H-pyrrole nitrogens is 4. The standard InChI is InChI=1S/C128H120N18O4/c1-23-27-29-65(25-3)63-145-119(147)95-54-69(35-31-67-33-43-78-87(51-67)111-129-103(78)133-113-91-58-74(125(11,12)13)39-47-82(91)107(137-113)141-117-93-60-76(127(17,18)19)41-49-84(93)109(143-117)139-115-89-56-72(123(5,6)7)37-45-80(89)105(131-111)135-115)86-62-97-102-98-71(55-96(120(145)148)100(95)101(86)98)53-70(99(102)122(150)146(121(97)149)64-66(26-4)30-28-24-2)36-32-68-34-44-79-88(52-68)112-130-104(79)134-114-92-59-75(126(14,15)16)40-48-83(92)108(138-114)142-118-94-61-77(128(20,21)22)42-50-85(94)110(144-118)140-116-90-57-73(124(8,9)10)38-46-81(90)106(132-112)136-116/h33-34,37-62,65-66H,23-30,63-64H2,1-22H3,(H2,129,131,133,135,137,139,141,143)(H2,130,132,134,136,138,140,142,144). The third kappa shape index (κ3) is 16.1. The highest BCUT2D eigenvalue weighted by molar-refractivity contribution is 6.37. The molecule has 2 atom stereocenters. The maximum absolute atomic E-state index is 16.5. The molecule has 12 heterocycles. The Kier molecular flexibility index (Phi) is 22.2. The minimum absolute atomic E-state index is 0.0118. The Hall–Kier alpha value is -16.2. The molecule has 0 fully saturated rings. The Labute approximate surface area is 868 Å². The summed E-state index contributed by atoms with van der Waals surface area (Å²) in [6, 6.07) is 58.0. The van der Waals surface area contributed by atoms with Crippen LogP contribution in [0.3, 0.4) is 0 Å². The van der Waals surface area contributed by atoms with Crippen LogP contribution in [0.15, 0.2) is 189 Å². The van der Waals surface area contributed by atoms with Crippen molar-refractivity contribution in [1.29, 1.82) is 0 Å². The van der Waals surface area contributed by atoms with Crippen LogP contribution in [0.2, 0.25) is 0 Å². The van der Waals surface area contributed by atoms with Crippen LogP contribution in [0.25, 0.3) is 233 Å². The van der Waals surface area contributed by atoms with E-state index in [1.165, 1.54) is 9.13 Å². The number of aromatic amines is 4. The fourth-order valence-corrected chi connectivity index (χ4v) is 22.4. The van der Waals surface area contributed by atoms with Crippen molar-refractivity contribution in [2.24, 2.45) is 11.8 Å². The largest absolute Gasteiger partial charge is 0.324 e. The zero-order chi connectivity index (χ0) is 105. The van der Waals surface area contributed by atoms with Gasteiger partial charge in [-0.15, -0.1) is 0 Å². The molecule has 22 nitrogen and oxygen atoms in total. The van der Waals surface area contributed by atoms with Gasteiger partial charge in [-0.25, -0.2) is 59.8 Å². The molecular formula is C128H120N18O4. The van der Waals surface area contributed by atoms with E-state index in [0.717, 1.165) is 162 Å². The summed E-state index contributed by atoms with van der Waals surface area (Å²) in [5.74, 6) is 18.1. The number of nitrogens with zero attached hydrogens (tertiary/aromatic N) is 14. The summed E-state index contributed by atoms with van der Waals surface area (Å²) >= 11 is 0. The SMILES string of the molecule is CCCCC(CC)Cn1c(=O)c2cc(C#Cc3ccc4c5nc6nc(nc7[nH]c(nc8nc(nc([nH]5)c4c3)-c3ccc(C(C)(C)C)cc3-8)c3ccc(C(C)(C)C)cc73)-c3ccc(C(C)(C)C)cc3-6)c3cc4c(=O)n(CC(CC)CCCC)c(=O)c5c(C#Cc6ccc7c8nc9nc(nc%10[nH]c(nc%11nc(nc([nH]8)c7c6)-c6ccc(C(C)(C)C)cc6-%11)c6ccc(C(C)(C)C)cc%106)-c6ccc(C(C)(C)C)cc6-9)cc6cc(c1=O)c2c3c6c45. The Morgan fingerprint density at radius 1 is 0.247 bits per heavy atom. The zero-order valence-electron chi connectivity index (χ0n) is 89.3. The normalized spacial score (nSPS) is 13.3. The molecule has 0 amide bonds. The van der Waals surface area contributed by atoms with Crippen molar-refractivity contribution in [2.75, 3.05) is 0 Å². The van der Waals surface area contributed by atoms with Crippen LogP contribution in [0, 0.1) is 35.5 Å². The van der Waals surface area contributed by atoms with E-state index >= 15 is 19.2 Å². The molecule has 24 rings (SSSR count). The molecule has 8 aromatic heterocycles. The number of aromatic nitrogens is 18. The van der Waals surface area contributed by atoms with Crippen molar-refractivity contribution in [3.8, 4) is 115 Å². The molecule has 20 aromatic rings. The summed E-state index contributed by atoms with van der Waals surface area (Å²) in [5, 5.41) is 10.5. The van der Waals surface area contributed by atoms with Gasteiger partial charge in [-0.05, 0) is 204 Å². The molecule has 0 spiro atoms. The fraction of sp³-hybridized carbons (Fsp3) is 0.312. The Balaban J connectivity index is 0.731. The molecule has 22 heteroatoms. The molecule has 0 aliphatic carbocycles. The lowest BCUT2D eigenvalue weighted by atomic mass is 9.84. The summed E-state index contributed by atoms with van der Waals surface area (Å²) in [6.45, 7) is 48.5. The van der Waals surface area contributed by atoms with Crippen molar-refractivity contribution in [2.45, 2.75) is 249 Å². The van der Waals surface area contributed by atoms with E-state index in [1.54, 1.807) is 0 Å². The highest BCUT2D eigenvalue weighted by Crippen LogP contribution is 2.49. The van der Waals surface area contributed by atoms with Gasteiger partial charge in [-0.2, -0.15) is 0 Å². The van der Waals surface area contributed by atoms with Crippen LogP contribution >= 0.6 is 0 Å². The van der Waals surface area contributed by atoms with Gasteiger partial charge in [0.05, 0.1) is 5.39 Å². The summed E-state index contributed by atoms with van der Waals surface area (Å²) in [5.41, 5.74) is 16.4. The summed E-state index contributed by atoms with van der Waals surface area (Å²) in [4.78, 5) is 145. The van der Waals surface area contributed by atoms with E-state index in [4.69, 9.17) is 59.8 Å². The molecule has 4 aliphatic rings. The van der Waals surface area contributed by atoms with Crippen molar-refractivity contribution in [3.05, 3.63) is 267 Å². The van der Waals surface area contributed by atoms with Gasteiger partial charge in [-0.3, -0.25) is 28.3 Å². The molecule has 746 valence electrons. The van der Waals surface area contributed by atoms with E-state index in [9.17, 15) is 0 Å². The zero-order valence-corrected chi connectivity index (χ0v) is 89.3. The lowest BCUT2D eigenvalue weighted by Crippen LogP contribution is -2.36. The molecule has 0 saturated heterocycles. The van der Waals surface area contributed by atoms with E-state index in [2.05, 4.69) is 305 Å². The number of hydrogen-bond acceptors (Lipinski definition) is 16. The Morgan fingerprint density at radius 3 is 0.873 bits per heavy atom. The molecule has 4 N–H and O–H groups in total. The topological polar surface area (TPSA) is 296 Å². The van der Waals surface area contributed by atoms with E-state index in [0.29, 0.717) is 168 Å². The lowest BCUT2D eigenvalue weighted by molar-refractivity contribution is 0.382. The number of fused-ring (bicyclic) bond motifs is 40. The molecular weight excluding hydrogens is 1850 g/mol. The summed E-state index contributed by atoms with van der Waals surface area (Å²) in [6.07, 6.45) is 6.78. The van der Waals surface area contributed by atoms with Crippen LogP contribution < -0.4 is 22.2 Å². The van der Waals surface area contributed by atoms with E-state index < -0.39 is 22.2 Å². The van der Waals surface area contributed by atoms with Crippen molar-refractivity contribution >= 4 is 142 Å². The average molecular weight is 1970 g/mol. The molecule has 150 heavy (non-hydrogen) atoms. The lowest BCUT2D eigenvalue weighted by Gasteiger charge is -2.21. The number of unbranched alkanes of at least 4 members (excludes halogenated alkanes) is 2. The van der Waals surface area contributed by atoms with E-state index in [-0.39, 0.29) is 68.2 Å². The predicted octanol–water partition coefficient (Wildman–Crippen LogP) is 28.2. The maximum Gasteiger partial charge on any atom is 0.262 e. The molecule has 16 bridgehead atoms. The highest BCUT2D eigenvalue weighted by Gasteiger charge is 2.35. The van der Waals surface area contributed by atoms with Gasteiger partial charge in [0.25, 0.3) is 22.2 Å². The van der Waals surface area contributed by atoms with Gasteiger partial charge in [0.15, 0.2) is 46.6 Å². The van der Waals surface area contributed by atoms with Gasteiger partial charge in [-0.1, -0.05) is 287 Å². The smallest absolute Gasteiger partial charge is 0.262 e. The first-order valence-corrected chi connectivity index (χ1v) is 53.0. The average Bonchev–Trinajstić information content (AvgIpc) is 1.36. The number of hydrogen-bond donors (Lipinski definition) is 4.